The van der Waals surface area contributed by atoms with E-state index in [9.17, 15) is 8.42 Å². The summed E-state index contributed by atoms with van der Waals surface area (Å²) in [6.07, 6.45) is 8.04. The molecule has 142 valence electrons. The zero-order valence-corrected chi connectivity index (χ0v) is 16.3. The van der Waals surface area contributed by atoms with Crippen molar-refractivity contribution in [2.24, 2.45) is 0 Å². The Labute approximate surface area is 168 Å². The Hall–Kier alpha value is -3.76. The van der Waals surface area contributed by atoms with Gasteiger partial charge in [-0.1, -0.05) is 5.92 Å². The average Bonchev–Trinajstić information content (AvgIpc) is 2.73. The summed E-state index contributed by atoms with van der Waals surface area (Å²) >= 11 is 0. The molecule has 0 aliphatic heterocycles. The molecule has 0 amide bonds. The Morgan fingerprint density at radius 1 is 0.931 bits per heavy atom. The molecular formula is C22H16N4O2S. The predicted molar refractivity (Wildman–Crippen MR) is 113 cm³/mol. The van der Waals surface area contributed by atoms with Gasteiger partial charge in [-0.05, 0) is 54.5 Å². The first kappa shape index (κ1) is 18.6. The molecule has 0 saturated carbocycles. The topological polar surface area (TPSA) is 84.8 Å². The quantitative estimate of drug-likeness (QED) is 0.529. The fraction of sp³-hybridized carbons (Fsp3) is 0.0455. The number of rotatable bonds is 3. The zero-order valence-electron chi connectivity index (χ0n) is 15.5. The molecule has 3 heterocycles. The maximum absolute atomic E-state index is 11.6. The fourth-order valence-corrected chi connectivity index (χ4v) is 3.37. The van der Waals surface area contributed by atoms with Gasteiger partial charge in [0.2, 0.25) is 0 Å². The number of anilines is 2. The molecule has 0 radical (unpaired) electrons. The summed E-state index contributed by atoms with van der Waals surface area (Å²) in [7, 11) is -3.23. The van der Waals surface area contributed by atoms with Gasteiger partial charge in [-0.15, -0.1) is 0 Å². The fourth-order valence-electron chi connectivity index (χ4n) is 2.73. The first-order valence-corrected chi connectivity index (χ1v) is 10.6. The maximum Gasteiger partial charge on any atom is 0.175 e. The lowest BCUT2D eigenvalue weighted by atomic mass is 10.1. The summed E-state index contributed by atoms with van der Waals surface area (Å²) in [5.41, 5.74) is 2.19. The minimum absolute atomic E-state index is 0.270. The number of aromatic nitrogens is 3. The summed E-state index contributed by atoms with van der Waals surface area (Å²) < 4.78 is 23.2. The van der Waals surface area contributed by atoms with Crippen molar-refractivity contribution >= 4 is 32.1 Å². The van der Waals surface area contributed by atoms with Crippen LogP contribution in [0.15, 0.2) is 78.2 Å². The lowest BCUT2D eigenvalue weighted by molar-refractivity contribution is 0.602. The molecule has 6 nitrogen and oxygen atoms in total. The van der Waals surface area contributed by atoms with Crippen molar-refractivity contribution in [1.82, 2.24) is 15.0 Å². The second kappa shape index (κ2) is 7.70. The number of hydrogen-bond acceptors (Lipinski definition) is 6. The minimum Gasteiger partial charge on any atom is -0.340 e. The van der Waals surface area contributed by atoms with E-state index in [4.69, 9.17) is 0 Å². The Kier molecular flexibility index (Phi) is 4.94. The number of nitrogens with one attached hydrogen (secondary N) is 1. The van der Waals surface area contributed by atoms with E-state index in [0.717, 1.165) is 22.0 Å². The van der Waals surface area contributed by atoms with E-state index >= 15 is 0 Å². The van der Waals surface area contributed by atoms with Crippen LogP contribution in [-0.4, -0.2) is 29.6 Å². The lowest BCUT2D eigenvalue weighted by Crippen LogP contribution is -1.98. The third kappa shape index (κ3) is 4.39. The largest absolute Gasteiger partial charge is 0.340 e. The molecule has 4 aromatic rings. The van der Waals surface area contributed by atoms with E-state index in [2.05, 4.69) is 32.1 Å². The normalized spacial score (nSPS) is 10.9. The van der Waals surface area contributed by atoms with E-state index in [-0.39, 0.29) is 4.90 Å². The molecule has 0 aliphatic rings. The van der Waals surface area contributed by atoms with Crippen LogP contribution in [0.1, 0.15) is 11.3 Å². The van der Waals surface area contributed by atoms with E-state index in [0.29, 0.717) is 11.5 Å². The third-order valence-corrected chi connectivity index (χ3v) is 5.32. The summed E-state index contributed by atoms with van der Waals surface area (Å²) in [4.78, 5) is 13.1. The van der Waals surface area contributed by atoms with Gasteiger partial charge in [0.25, 0.3) is 0 Å². The molecule has 1 N–H and O–H groups in total. The number of sulfone groups is 1. The maximum atomic E-state index is 11.6. The predicted octanol–water partition coefficient (Wildman–Crippen LogP) is 3.57. The second-order valence-corrected chi connectivity index (χ2v) is 8.38. The van der Waals surface area contributed by atoms with Crippen molar-refractivity contribution < 1.29 is 8.42 Å². The molecule has 1 aromatic carbocycles. The highest BCUT2D eigenvalue weighted by Gasteiger charge is 2.07. The summed E-state index contributed by atoms with van der Waals surface area (Å²) in [6.45, 7) is 0. The van der Waals surface area contributed by atoms with Crippen LogP contribution in [0.25, 0.3) is 10.8 Å². The lowest BCUT2D eigenvalue weighted by Gasteiger charge is -2.08. The van der Waals surface area contributed by atoms with Gasteiger partial charge in [0.05, 0.1) is 4.90 Å². The van der Waals surface area contributed by atoms with Crippen LogP contribution >= 0.6 is 0 Å². The molecule has 0 unspecified atom stereocenters. The van der Waals surface area contributed by atoms with Gasteiger partial charge in [0.1, 0.15) is 11.5 Å². The van der Waals surface area contributed by atoms with Gasteiger partial charge >= 0.3 is 0 Å². The average molecular weight is 400 g/mol. The van der Waals surface area contributed by atoms with E-state index in [1.165, 1.54) is 6.26 Å². The highest BCUT2D eigenvalue weighted by molar-refractivity contribution is 7.90. The number of pyridine rings is 3. The van der Waals surface area contributed by atoms with Crippen molar-refractivity contribution in [1.29, 1.82) is 0 Å². The summed E-state index contributed by atoms with van der Waals surface area (Å²) in [5, 5.41) is 4.98. The first-order chi connectivity index (χ1) is 14.0. The second-order valence-electron chi connectivity index (χ2n) is 6.36. The van der Waals surface area contributed by atoms with Crippen LogP contribution in [0.2, 0.25) is 0 Å². The van der Waals surface area contributed by atoms with Crippen LogP contribution in [0.4, 0.5) is 11.5 Å². The van der Waals surface area contributed by atoms with Crippen LogP contribution < -0.4 is 5.32 Å². The molecular weight excluding hydrogens is 384 g/mol. The number of benzene rings is 1. The number of fused-ring (bicyclic) bond motifs is 1. The molecule has 0 fully saturated rings. The van der Waals surface area contributed by atoms with Gasteiger partial charge in [0.15, 0.2) is 9.84 Å². The first-order valence-electron chi connectivity index (χ1n) is 8.73. The van der Waals surface area contributed by atoms with Crippen LogP contribution in [0, 0.1) is 11.8 Å². The Morgan fingerprint density at radius 3 is 2.48 bits per heavy atom. The molecule has 0 atom stereocenters. The molecule has 0 saturated heterocycles. The van der Waals surface area contributed by atoms with Crippen LogP contribution in [0.5, 0.6) is 0 Å². The monoisotopic (exact) mass is 400 g/mol. The number of nitrogens with zero attached hydrogens (tertiary/aromatic N) is 3. The van der Waals surface area contributed by atoms with Crippen LogP contribution in [-0.2, 0) is 9.84 Å². The number of hydrogen-bond donors (Lipinski definition) is 1. The highest BCUT2D eigenvalue weighted by Crippen LogP contribution is 2.22. The van der Waals surface area contributed by atoms with Crippen molar-refractivity contribution in [3.8, 4) is 11.8 Å². The molecule has 0 spiro atoms. The van der Waals surface area contributed by atoms with Crippen molar-refractivity contribution in [3.63, 3.8) is 0 Å². The van der Waals surface area contributed by atoms with Gasteiger partial charge < -0.3 is 5.32 Å². The van der Waals surface area contributed by atoms with Crippen molar-refractivity contribution in [2.45, 2.75) is 4.90 Å². The van der Waals surface area contributed by atoms with E-state index in [1.54, 1.807) is 49.1 Å². The van der Waals surface area contributed by atoms with Gasteiger partial charge in [-0.3, -0.25) is 4.98 Å². The smallest absolute Gasteiger partial charge is 0.175 e. The highest BCUT2D eigenvalue weighted by atomic mass is 32.2. The molecule has 0 aliphatic carbocycles. The van der Waals surface area contributed by atoms with Crippen LogP contribution in [0.3, 0.4) is 0 Å². The van der Waals surface area contributed by atoms with Gasteiger partial charge in [-0.25, -0.2) is 18.4 Å². The zero-order chi connectivity index (χ0) is 20.3. The molecule has 4 rings (SSSR count). The molecule has 0 bridgehead atoms. The standard InChI is InChI=1S/C22H16N4O2S/c1-29(27,28)19-7-5-18(6-8-19)26-22-13-20-17(15-25-22)10-12-24-21(20)9-4-16-3-2-11-23-14-16/h2-3,5-8,10-15H,1H3,(H,25,26). The molecule has 29 heavy (non-hydrogen) atoms. The van der Waals surface area contributed by atoms with Crippen molar-refractivity contribution in [3.05, 3.63) is 84.6 Å². The van der Waals surface area contributed by atoms with Gasteiger partial charge in [-0.2, -0.15) is 0 Å². The molecule has 3 aromatic heterocycles. The third-order valence-electron chi connectivity index (χ3n) is 4.19. The molecule has 7 heteroatoms. The Bertz CT molecular complexity index is 1340. The van der Waals surface area contributed by atoms with E-state index < -0.39 is 9.84 Å². The van der Waals surface area contributed by atoms with Gasteiger partial charge in [0, 0.05) is 53.1 Å². The van der Waals surface area contributed by atoms with Crippen molar-refractivity contribution in [2.75, 3.05) is 11.6 Å². The SMILES string of the molecule is CS(=O)(=O)c1ccc(Nc2cc3c(C#Cc4cccnc4)nccc3cn2)cc1. The Morgan fingerprint density at radius 2 is 1.76 bits per heavy atom. The summed E-state index contributed by atoms with van der Waals surface area (Å²) in [5.74, 6) is 6.78. The minimum atomic E-state index is -3.23. The summed E-state index contributed by atoms with van der Waals surface area (Å²) in [6, 6.07) is 14.0. The van der Waals surface area contributed by atoms with E-state index in [1.807, 2.05) is 24.3 Å². The Balaban J connectivity index is 1.66.